The molecule has 380 valence electrons. The van der Waals surface area contributed by atoms with Crippen LogP contribution in [0.15, 0.2) is 48.5 Å². The molecule has 0 unspecified atom stereocenters. The molecule has 0 bridgehead atoms. The van der Waals surface area contributed by atoms with E-state index >= 15 is 0 Å². The maximum absolute atomic E-state index is 13.8. The number of carboxylic acid groups (broad SMARTS) is 1. The number of aromatic nitrogens is 6. The molecule has 2 aromatic carbocycles. The zero-order chi connectivity index (χ0) is 50.9. The van der Waals surface area contributed by atoms with Crippen molar-refractivity contribution in [2.24, 2.45) is 0 Å². The van der Waals surface area contributed by atoms with Crippen LogP contribution in [-0.2, 0) is 20.0 Å². The minimum Gasteiger partial charge on any atom is -0.478 e. The van der Waals surface area contributed by atoms with Gasteiger partial charge in [-0.2, -0.15) is 19.2 Å². The molecule has 6 N–H and O–H groups in total. The molecule has 0 spiro atoms. The van der Waals surface area contributed by atoms with Crippen LogP contribution in [0.3, 0.4) is 0 Å². The molecule has 19 nitrogen and oxygen atoms in total. The minimum atomic E-state index is -3.53. The van der Waals surface area contributed by atoms with Gasteiger partial charge in [-0.15, -0.1) is 0 Å². The van der Waals surface area contributed by atoms with Crippen LogP contribution in [0, 0.1) is 41.5 Å². The lowest BCUT2D eigenvalue weighted by Gasteiger charge is -2.35. The smallest absolute Gasteiger partial charge is 0.337 e. The van der Waals surface area contributed by atoms with Crippen LogP contribution in [0.25, 0.3) is 11.3 Å². The van der Waals surface area contributed by atoms with Crippen molar-refractivity contribution < 1.29 is 31.5 Å². The molecular formula is C50H66N12O7S2. The molecule has 10 rings (SSSR count). The number of amides is 1. The zero-order valence-corrected chi connectivity index (χ0v) is 43.4. The monoisotopic (exact) mass is 1010 g/mol. The van der Waals surface area contributed by atoms with Crippen molar-refractivity contribution in [3.63, 3.8) is 0 Å². The first-order valence-electron chi connectivity index (χ1n) is 24.3. The van der Waals surface area contributed by atoms with Crippen molar-refractivity contribution in [1.29, 1.82) is 0 Å². The number of nitrogens with one attached hydrogen (secondary N) is 5. The quantitative estimate of drug-likeness (QED) is 0.0686. The van der Waals surface area contributed by atoms with E-state index in [0.29, 0.717) is 35.9 Å². The molecule has 6 aromatic rings. The van der Waals surface area contributed by atoms with Gasteiger partial charge in [-0.05, 0) is 130 Å². The second-order valence-electron chi connectivity index (χ2n) is 19.5. The molecule has 2 saturated heterocycles. The first kappa shape index (κ1) is 51.0. The highest BCUT2D eigenvalue weighted by molar-refractivity contribution is 7.92. The van der Waals surface area contributed by atoms with Gasteiger partial charge in [0, 0.05) is 53.3 Å². The summed E-state index contributed by atoms with van der Waals surface area (Å²) >= 11 is 0. The van der Waals surface area contributed by atoms with Gasteiger partial charge in [-0.25, -0.2) is 31.6 Å². The van der Waals surface area contributed by atoms with Gasteiger partial charge in [0.25, 0.3) is 5.91 Å². The zero-order valence-electron chi connectivity index (χ0n) is 41.8. The molecule has 6 heterocycles. The number of aryl methyl sites for hydroxylation is 4. The topological polar surface area (TPSA) is 246 Å². The number of aromatic carboxylic acids is 1. The summed E-state index contributed by atoms with van der Waals surface area (Å²) < 4.78 is 54.3. The molecule has 4 aliphatic rings. The summed E-state index contributed by atoms with van der Waals surface area (Å²) in [5, 5.41) is 29.4. The van der Waals surface area contributed by atoms with E-state index in [-0.39, 0.29) is 23.2 Å². The van der Waals surface area contributed by atoms with Gasteiger partial charge >= 0.3 is 5.97 Å². The average molecular weight is 1010 g/mol. The highest BCUT2D eigenvalue weighted by atomic mass is 32.2. The van der Waals surface area contributed by atoms with Gasteiger partial charge in [0.15, 0.2) is 11.3 Å². The Morgan fingerprint density at radius 1 is 0.634 bits per heavy atom. The van der Waals surface area contributed by atoms with Crippen LogP contribution in [-0.4, -0.2) is 106 Å². The Balaban J connectivity index is 0.000000159. The molecule has 2 aliphatic carbocycles. The number of likely N-dealkylation sites (tertiary alicyclic amines) is 1. The van der Waals surface area contributed by atoms with Crippen molar-refractivity contribution in [2.45, 2.75) is 130 Å². The third-order valence-corrected chi connectivity index (χ3v) is 14.4. The van der Waals surface area contributed by atoms with Gasteiger partial charge in [-0.1, -0.05) is 29.7 Å². The Morgan fingerprint density at radius 2 is 1.13 bits per heavy atom. The van der Waals surface area contributed by atoms with Gasteiger partial charge in [-0.3, -0.25) is 14.2 Å². The molecule has 71 heavy (non-hydrogen) atoms. The Hall–Kier alpha value is -6.32. The molecular weight excluding hydrogens is 945 g/mol. The summed E-state index contributed by atoms with van der Waals surface area (Å²) in [4.78, 5) is 35.9. The second kappa shape index (κ2) is 20.8. The number of nitrogens with zero attached hydrogens (tertiary/aromatic N) is 7. The fraction of sp³-hybridized carbons (Fsp3) is 0.480. The van der Waals surface area contributed by atoms with Crippen molar-refractivity contribution in [2.75, 3.05) is 45.7 Å². The van der Waals surface area contributed by atoms with Gasteiger partial charge in [0.2, 0.25) is 20.0 Å². The number of hydrogen-bond donors (Lipinski definition) is 6. The van der Waals surface area contributed by atoms with Crippen molar-refractivity contribution >= 4 is 66.2 Å². The predicted octanol–water partition coefficient (Wildman–Crippen LogP) is 7.77. The first-order valence-corrected chi connectivity index (χ1v) is 28.1. The molecule has 2 aliphatic heterocycles. The summed E-state index contributed by atoms with van der Waals surface area (Å²) in [6, 6.07) is 15.1. The summed E-state index contributed by atoms with van der Waals surface area (Å²) in [6.07, 6.45) is 13.3. The van der Waals surface area contributed by atoms with Crippen LogP contribution < -0.4 is 25.4 Å². The number of piperidine rings is 2. The van der Waals surface area contributed by atoms with Crippen molar-refractivity contribution in [3.05, 3.63) is 105 Å². The lowest BCUT2D eigenvalue weighted by Crippen LogP contribution is -2.39. The maximum atomic E-state index is 13.8. The number of fused-ring (bicyclic) bond motifs is 2. The summed E-state index contributed by atoms with van der Waals surface area (Å²) in [5.41, 5.74) is 10.3. The molecule has 2 atom stereocenters. The number of anilines is 4. The van der Waals surface area contributed by atoms with Crippen molar-refractivity contribution in [3.8, 4) is 0 Å². The molecule has 2 saturated carbocycles. The third-order valence-electron chi connectivity index (χ3n) is 13.2. The molecule has 4 aromatic heterocycles. The molecule has 21 heteroatoms. The number of carbonyl (C=O) groups is 2. The van der Waals surface area contributed by atoms with Crippen LogP contribution in [0.2, 0.25) is 0 Å². The van der Waals surface area contributed by atoms with E-state index in [1.54, 1.807) is 31.2 Å². The lowest BCUT2D eigenvalue weighted by atomic mass is 9.97. The van der Waals surface area contributed by atoms with Crippen LogP contribution in [0.1, 0.15) is 142 Å². The van der Waals surface area contributed by atoms with Gasteiger partial charge < -0.3 is 26.0 Å². The number of carboxylic acids is 1. The largest absolute Gasteiger partial charge is 0.478 e. The number of sulfonamides is 2. The van der Waals surface area contributed by atoms with E-state index in [4.69, 9.17) is 25.3 Å². The van der Waals surface area contributed by atoms with Crippen LogP contribution in [0.4, 0.5) is 23.0 Å². The third kappa shape index (κ3) is 12.6. The summed E-state index contributed by atoms with van der Waals surface area (Å²) in [6.45, 7) is 13.6. The Labute approximate surface area is 415 Å². The molecule has 0 radical (unpaired) electrons. The highest BCUT2D eigenvalue weighted by Gasteiger charge is 2.33. The van der Waals surface area contributed by atoms with E-state index in [1.807, 2.05) is 33.8 Å². The SMILES string of the molecule is Cc1ccc(NS(C)(=O)=O)c(C(=O)N2CCCC[C@H]2c2cc3nc(C)c(C)c(NC4CC4)n3n2)c1.Cc1ccc(NS(C)(=O)=O)c(C(=O)O)c1.Cc1nc2cc([C@@H]3CCCCN3)nn2c(NC2CC2)c1C. The summed E-state index contributed by atoms with van der Waals surface area (Å²) in [7, 11) is -6.99. The van der Waals surface area contributed by atoms with Crippen molar-refractivity contribution in [1.82, 2.24) is 39.4 Å². The standard InChI is InChI=1S/C25H32N6O3S.C16H23N5.C9H11NO4S/c1-15-8-11-20(29-35(4,33)34)19(13-15)25(32)30-12-6-5-7-22(30)21-14-23-26-17(3)16(2)24(31(23)28-21)27-18-9-10-18;1-10-11(2)18-15-9-14(13-5-3-4-8-17-13)20-21(15)16(10)19-12-6-7-12;1-6-3-4-8(10-15(2,13)14)7(5-6)9(11)12/h8,11,13-14,18,22,27,29H,5-7,9-10,12H2,1-4H3;9,12-13,17,19H,3-8H2,1-2H3;3-5,10H,1-2H3,(H,11,12)/t22-;13-;/m00./s1. The van der Waals surface area contributed by atoms with E-state index in [2.05, 4.69) is 52.2 Å². The minimum absolute atomic E-state index is 0.0552. The van der Waals surface area contributed by atoms with E-state index in [0.717, 1.165) is 114 Å². The van der Waals surface area contributed by atoms with Crippen LogP contribution >= 0.6 is 0 Å². The van der Waals surface area contributed by atoms with Crippen LogP contribution in [0.5, 0.6) is 0 Å². The van der Waals surface area contributed by atoms with E-state index < -0.39 is 26.0 Å². The first-order chi connectivity index (χ1) is 33.6. The maximum Gasteiger partial charge on any atom is 0.337 e. The predicted molar refractivity (Wildman–Crippen MR) is 277 cm³/mol. The van der Waals surface area contributed by atoms with E-state index in [9.17, 15) is 26.4 Å². The summed E-state index contributed by atoms with van der Waals surface area (Å²) in [5.74, 6) is 0.735. The highest BCUT2D eigenvalue weighted by Crippen LogP contribution is 2.36. The molecule has 1 amide bonds. The average Bonchev–Trinajstić information content (AvgIpc) is 4.24. The Kier molecular flexibility index (Phi) is 15.0. The second-order valence-corrected chi connectivity index (χ2v) is 23.0. The number of rotatable bonds is 12. The van der Waals surface area contributed by atoms with Gasteiger partial charge in [0.05, 0.1) is 58.5 Å². The lowest BCUT2D eigenvalue weighted by molar-refractivity contribution is 0.0606. The normalized spacial score (nSPS) is 18.2. The fourth-order valence-electron chi connectivity index (χ4n) is 8.94. The Morgan fingerprint density at radius 3 is 1.62 bits per heavy atom. The van der Waals surface area contributed by atoms with E-state index in [1.165, 1.54) is 49.8 Å². The number of carbonyl (C=O) groups excluding carboxylic acids is 1. The number of benzene rings is 2. The van der Waals surface area contributed by atoms with Gasteiger partial charge in [0.1, 0.15) is 11.6 Å². The molecule has 4 fully saturated rings. The Bertz CT molecular complexity index is 3210. The number of hydrogen-bond acceptors (Lipinski definition) is 13. The fourth-order valence-corrected chi connectivity index (χ4v) is 10.1.